The van der Waals surface area contributed by atoms with Crippen LogP contribution in [-0.2, 0) is 4.79 Å². The van der Waals surface area contributed by atoms with Gasteiger partial charge in [0.05, 0.1) is 13.0 Å². The van der Waals surface area contributed by atoms with Crippen molar-refractivity contribution in [2.75, 3.05) is 56.2 Å². The third-order valence-electron chi connectivity index (χ3n) is 5.63. The highest BCUT2D eigenvalue weighted by Gasteiger charge is 2.31. The zero-order valence-electron chi connectivity index (χ0n) is 16.3. The maximum atomic E-state index is 13.1. The zero-order chi connectivity index (χ0) is 19.3. The maximum Gasteiger partial charge on any atom is 0.227 e. The number of piperazine rings is 1. The zero-order valence-corrected chi connectivity index (χ0v) is 16.3. The Labute approximate surface area is 165 Å². The predicted molar refractivity (Wildman–Crippen MR) is 109 cm³/mol. The molecule has 28 heavy (non-hydrogen) atoms. The molecule has 0 saturated carbocycles. The summed E-state index contributed by atoms with van der Waals surface area (Å²) in [6, 6.07) is 9.94. The first-order chi connectivity index (χ1) is 13.7. The van der Waals surface area contributed by atoms with Crippen molar-refractivity contribution in [2.24, 2.45) is 5.92 Å². The van der Waals surface area contributed by atoms with Gasteiger partial charge in [-0.2, -0.15) is 0 Å². The van der Waals surface area contributed by atoms with Crippen LogP contribution in [0.3, 0.4) is 0 Å². The molecule has 1 amide bonds. The molecule has 148 valence electrons. The Balaban J connectivity index is 1.33. The van der Waals surface area contributed by atoms with Crippen LogP contribution in [0.25, 0.3) is 0 Å². The normalized spacial score (nSPS) is 20.2. The summed E-state index contributed by atoms with van der Waals surface area (Å²) in [4.78, 5) is 28.3. The van der Waals surface area contributed by atoms with Crippen molar-refractivity contribution in [3.8, 4) is 5.75 Å². The Morgan fingerprint density at radius 2 is 1.71 bits per heavy atom. The Hall–Kier alpha value is -2.83. The van der Waals surface area contributed by atoms with Gasteiger partial charge in [-0.3, -0.25) is 4.79 Å². The summed E-state index contributed by atoms with van der Waals surface area (Å²) in [7, 11) is 1.68. The number of piperidine rings is 1. The highest BCUT2D eigenvalue weighted by molar-refractivity contribution is 5.80. The van der Waals surface area contributed by atoms with Crippen molar-refractivity contribution < 1.29 is 9.53 Å². The summed E-state index contributed by atoms with van der Waals surface area (Å²) < 4.78 is 5.23. The lowest BCUT2D eigenvalue weighted by Crippen LogP contribution is -2.52. The molecule has 0 aliphatic carbocycles. The van der Waals surface area contributed by atoms with E-state index in [2.05, 4.69) is 31.9 Å². The second kappa shape index (κ2) is 8.46. The minimum Gasteiger partial charge on any atom is -0.497 e. The third-order valence-corrected chi connectivity index (χ3v) is 5.63. The van der Waals surface area contributed by atoms with Crippen LogP contribution in [0, 0.1) is 5.92 Å². The average molecular weight is 381 g/mol. The van der Waals surface area contributed by atoms with E-state index in [0.29, 0.717) is 6.54 Å². The fraction of sp³-hybridized carbons (Fsp3) is 0.476. The summed E-state index contributed by atoms with van der Waals surface area (Å²) in [6.07, 6.45) is 5.46. The quantitative estimate of drug-likeness (QED) is 0.808. The first-order valence-corrected chi connectivity index (χ1v) is 9.94. The minimum atomic E-state index is 0.0325. The topological polar surface area (TPSA) is 61.8 Å². The Morgan fingerprint density at radius 3 is 2.39 bits per heavy atom. The van der Waals surface area contributed by atoms with Crippen LogP contribution in [0.15, 0.2) is 42.7 Å². The van der Waals surface area contributed by atoms with Crippen LogP contribution < -0.4 is 14.5 Å². The molecule has 1 aromatic carbocycles. The number of ether oxygens (including phenoxy) is 1. The van der Waals surface area contributed by atoms with Crippen molar-refractivity contribution >= 4 is 17.5 Å². The highest BCUT2D eigenvalue weighted by atomic mass is 16.5. The third kappa shape index (κ3) is 4.03. The lowest BCUT2D eigenvalue weighted by Gasteiger charge is -2.39. The molecule has 1 unspecified atom stereocenters. The van der Waals surface area contributed by atoms with Crippen molar-refractivity contribution in [3.05, 3.63) is 42.7 Å². The minimum absolute atomic E-state index is 0.0325. The van der Waals surface area contributed by atoms with Gasteiger partial charge < -0.3 is 19.4 Å². The molecule has 2 aromatic rings. The molecule has 0 bridgehead atoms. The number of benzene rings is 1. The number of aromatic nitrogens is 2. The van der Waals surface area contributed by atoms with Gasteiger partial charge in [-0.25, -0.2) is 9.97 Å². The van der Waals surface area contributed by atoms with Gasteiger partial charge >= 0.3 is 0 Å². The fourth-order valence-corrected chi connectivity index (χ4v) is 4.05. The van der Waals surface area contributed by atoms with Gasteiger partial charge in [0.2, 0.25) is 11.9 Å². The van der Waals surface area contributed by atoms with Crippen LogP contribution in [0.4, 0.5) is 11.6 Å². The number of carbonyl (C=O) groups is 1. The first kappa shape index (κ1) is 18.5. The lowest BCUT2D eigenvalue weighted by atomic mass is 9.96. The monoisotopic (exact) mass is 381 g/mol. The number of amides is 1. The number of hydrogen-bond acceptors (Lipinski definition) is 6. The summed E-state index contributed by atoms with van der Waals surface area (Å²) in [5.74, 6) is 1.89. The molecule has 2 aliphatic heterocycles. The van der Waals surface area contributed by atoms with E-state index in [1.54, 1.807) is 19.5 Å². The molecule has 3 heterocycles. The smallest absolute Gasteiger partial charge is 0.227 e. The van der Waals surface area contributed by atoms with Crippen molar-refractivity contribution in [2.45, 2.75) is 12.8 Å². The van der Waals surface area contributed by atoms with Crippen molar-refractivity contribution in [1.29, 1.82) is 0 Å². The number of methoxy groups -OCH3 is 1. The molecule has 0 N–H and O–H groups in total. The molecule has 0 radical (unpaired) electrons. The Bertz CT molecular complexity index is 775. The van der Waals surface area contributed by atoms with E-state index in [1.807, 2.05) is 23.1 Å². The van der Waals surface area contributed by atoms with Crippen molar-refractivity contribution in [3.63, 3.8) is 0 Å². The summed E-state index contributed by atoms with van der Waals surface area (Å²) in [6.45, 7) is 4.87. The van der Waals surface area contributed by atoms with Gasteiger partial charge in [-0.15, -0.1) is 0 Å². The molecule has 1 aromatic heterocycles. The highest BCUT2D eigenvalue weighted by Crippen LogP contribution is 2.24. The van der Waals surface area contributed by atoms with Crippen LogP contribution in [0.5, 0.6) is 5.75 Å². The first-order valence-electron chi connectivity index (χ1n) is 9.94. The van der Waals surface area contributed by atoms with Crippen LogP contribution in [-0.4, -0.2) is 67.2 Å². The fourth-order valence-electron chi connectivity index (χ4n) is 4.05. The summed E-state index contributed by atoms with van der Waals surface area (Å²) >= 11 is 0. The van der Waals surface area contributed by atoms with E-state index < -0.39 is 0 Å². The van der Waals surface area contributed by atoms with Gasteiger partial charge in [0.1, 0.15) is 5.75 Å². The maximum absolute atomic E-state index is 13.1. The van der Waals surface area contributed by atoms with E-state index in [4.69, 9.17) is 4.74 Å². The second-order valence-electron chi connectivity index (χ2n) is 7.34. The van der Waals surface area contributed by atoms with Gasteiger partial charge in [0.15, 0.2) is 0 Å². The second-order valence-corrected chi connectivity index (χ2v) is 7.34. The largest absolute Gasteiger partial charge is 0.497 e. The van der Waals surface area contributed by atoms with Crippen molar-refractivity contribution in [1.82, 2.24) is 14.9 Å². The molecule has 2 saturated heterocycles. The van der Waals surface area contributed by atoms with E-state index in [0.717, 1.165) is 57.3 Å². The Morgan fingerprint density at radius 1 is 1.00 bits per heavy atom. The van der Waals surface area contributed by atoms with Gasteiger partial charge in [0, 0.05) is 57.3 Å². The molecule has 4 rings (SSSR count). The molecular formula is C21H27N5O2. The summed E-state index contributed by atoms with van der Waals surface area (Å²) in [5, 5.41) is 0. The number of rotatable bonds is 4. The van der Waals surface area contributed by atoms with Gasteiger partial charge in [-0.1, -0.05) is 0 Å². The van der Waals surface area contributed by atoms with Crippen LogP contribution in [0.1, 0.15) is 12.8 Å². The average Bonchev–Trinajstić information content (AvgIpc) is 2.79. The van der Waals surface area contributed by atoms with E-state index in [9.17, 15) is 4.79 Å². The molecule has 7 heteroatoms. The number of nitrogens with zero attached hydrogens (tertiary/aromatic N) is 5. The molecule has 1 atom stereocenters. The molecular weight excluding hydrogens is 354 g/mol. The molecule has 2 fully saturated rings. The van der Waals surface area contributed by atoms with Crippen LogP contribution >= 0.6 is 0 Å². The van der Waals surface area contributed by atoms with Crippen LogP contribution in [0.2, 0.25) is 0 Å². The standard InChI is InChI=1S/C21H27N5O2/c1-28-19-7-5-18(6-8-19)24-12-14-25(15-13-24)20(27)17-4-2-11-26(16-17)21-22-9-3-10-23-21/h3,5-10,17H,2,4,11-16H2,1H3. The lowest BCUT2D eigenvalue weighted by molar-refractivity contribution is -0.136. The Kier molecular flexibility index (Phi) is 5.60. The van der Waals surface area contributed by atoms with E-state index in [-0.39, 0.29) is 11.8 Å². The van der Waals surface area contributed by atoms with E-state index >= 15 is 0 Å². The van der Waals surface area contributed by atoms with E-state index in [1.165, 1.54) is 5.69 Å². The SMILES string of the molecule is COc1ccc(N2CCN(C(=O)C3CCCN(c4ncccn4)C3)CC2)cc1. The number of hydrogen-bond donors (Lipinski definition) is 0. The molecule has 0 spiro atoms. The van der Waals surface area contributed by atoms with Gasteiger partial charge in [0.25, 0.3) is 0 Å². The number of anilines is 2. The van der Waals surface area contributed by atoms with Gasteiger partial charge in [-0.05, 0) is 43.2 Å². The summed E-state index contributed by atoms with van der Waals surface area (Å²) in [5.41, 5.74) is 1.18. The predicted octanol–water partition coefficient (Wildman–Crippen LogP) is 2.05. The number of carbonyl (C=O) groups excluding carboxylic acids is 1. The molecule has 2 aliphatic rings. The molecule has 7 nitrogen and oxygen atoms in total.